The Kier molecular flexibility index (Phi) is 6.74. The molecule has 0 fully saturated rings. The summed E-state index contributed by atoms with van der Waals surface area (Å²) in [5, 5.41) is 3.10. The van der Waals surface area contributed by atoms with Gasteiger partial charge in [0, 0.05) is 10.0 Å². The molecule has 0 aromatic heterocycles. The fourth-order valence-corrected chi connectivity index (χ4v) is 3.43. The van der Waals surface area contributed by atoms with Gasteiger partial charge in [-0.05, 0) is 53.1 Å². The van der Waals surface area contributed by atoms with Crippen molar-refractivity contribution in [2.24, 2.45) is 4.99 Å². The number of nitrogens with zero attached hydrogens (tertiary/aromatic N) is 2. The van der Waals surface area contributed by atoms with Crippen molar-refractivity contribution in [3.05, 3.63) is 93.5 Å². The van der Waals surface area contributed by atoms with Gasteiger partial charge in [0.25, 0.3) is 0 Å². The first-order valence-corrected chi connectivity index (χ1v) is 10.2. The van der Waals surface area contributed by atoms with Crippen LogP contribution < -0.4 is 9.47 Å². The molecule has 5 nitrogen and oxygen atoms in total. The van der Waals surface area contributed by atoms with Crippen LogP contribution in [0.25, 0.3) is 0 Å². The summed E-state index contributed by atoms with van der Waals surface area (Å²) in [4.78, 5) is 9.38. The highest BCUT2D eigenvalue weighted by Gasteiger charge is 2.13. The van der Waals surface area contributed by atoms with Crippen molar-refractivity contribution >= 4 is 29.6 Å². The summed E-state index contributed by atoms with van der Waals surface area (Å²) in [7, 11) is 0. The largest absolute Gasteiger partial charge is 0.485 e. The zero-order valence-electron chi connectivity index (χ0n) is 16.1. The Labute approximate surface area is 185 Å². The number of hydroxylamine groups is 2. The molecule has 1 aliphatic heterocycles. The minimum atomic E-state index is 0.376. The van der Waals surface area contributed by atoms with Gasteiger partial charge in [0.2, 0.25) is 0 Å². The van der Waals surface area contributed by atoms with Crippen molar-refractivity contribution in [2.75, 3.05) is 6.67 Å². The van der Waals surface area contributed by atoms with Crippen LogP contribution in [-0.2, 0) is 24.6 Å². The lowest BCUT2D eigenvalue weighted by molar-refractivity contribution is -0.0519. The smallest absolute Gasteiger partial charge is 0.198 e. The molecule has 154 valence electrons. The first-order valence-electron chi connectivity index (χ1n) is 9.43. The Balaban J connectivity index is 1.50. The van der Waals surface area contributed by atoms with Crippen molar-refractivity contribution < 1.29 is 14.3 Å². The van der Waals surface area contributed by atoms with Crippen LogP contribution >= 0.6 is 23.2 Å². The van der Waals surface area contributed by atoms with Crippen molar-refractivity contribution in [1.82, 2.24) is 5.06 Å². The van der Waals surface area contributed by atoms with Crippen LogP contribution in [0, 0.1) is 0 Å². The third-order valence-electron chi connectivity index (χ3n) is 4.44. The number of aliphatic imine (C=N–C) groups is 1. The zero-order valence-corrected chi connectivity index (χ0v) is 17.6. The fraction of sp³-hybridized carbons (Fsp3) is 0.174. The molecule has 0 bridgehead atoms. The Bertz CT molecular complexity index is 1030. The van der Waals surface area contributed by atoms with Gasteiger partial charge in [0.05, 0.1) is 6.54 Å². The highest BCUT2D eigenvalue weighted by molar-refractivity contribution is 6.30. The van der Waals surface area contributed by atoms with E-state index in [0.717, 1.165) is 16.7 Å². The van der Waals surface area contributed by atoms with E-state index in [0.29, 0.717) is 48.0 Å². The summed E-state index contributed by atoms with van der Waals surface area (Å²) in [6, 6.07) is 21.0. The first-order chi connectivity index (χ1) is 14.7. The molecule has 0 saturated heterocycles. The predicted molar refractivity (Wildman–Crippen MR) is 118 cm³/mol. The number of ether oxygens (including phenoxy) is 2. The average molecular weight is 443 g/mol. The normalized spacial score (nSPS) is 13.3. The Hall–Kier alpha value is -2.73. The van der Waals surface area contributed by atoms with E-state index >= 15 is 0 Å². The highest BCUT2D eigenvalue weighted by Crippen LogP contribution is 2.31. The second kappa shape index (κ2) is 9.85. The molecule has 3 aromatic carbocycles. The van der Waals surface area contributed by atoms with Crippen LogP contribution in [0.4, 0.5) is 0 Å². The molecule has 0 unspecified atom stereocenters. The van der Waals surface area contributed by atoms with E-state index in [2.05, 4.69) is 4.99 Å². The van der Waals surface area contributed by atoms with Crippen LogP contribution in [0.3, 0.4) is 0 Å². The summed E-state index contributed by atoms with van der Waals surface area (Å²) < 4.78 is 12.1. The fourth-order valence-electron chi connectivity index (χ4n) is 3.01. The van der Waals surface area contributed by atoms with E-state index in [1.165, 1.54) is 6.40 Å². The van der Waals surface area contributed by atoms with Gasteiger partial charge in [-0.1, -0.05) is 53.5 Å². The molecule has 0 radical (unpaired) electrons. The predicted octanol–water partition coefficient (Wildman–Crippen LogP) is 5.88. The SMILES string of the molecule is Clc1cccc(COc2ccc(CN3CN=CO3)cc2OCc2cccc(Cl)c2)c1. The third kappa shape index (κ3) is 5.66. The Morgan fingerprint density at radius 2 is 1.47 bits per heavy atom. The van der Waals surface area contributed by atoms with Crippen molar-refractivity contribution in [2.45, 2.75) is 19.8 Å². The maximum absolute atomic E-state index is 6.10. The number of hydrogen-bond acceptors (Lipinski definition) is 5. The molecule has 30 heavy (non-hydrogen) atoms. The van der Waals surface area contributed by atoms with Crippen LogP contribution in [0.1, 0.15) is 16.7 Å². The average Bonchev–Trinajstić information content (AvgIpc) is 3.25. The van der Waals surface area contributed by atoms with E-state index in [-0.39, 0.29) is 0 Å². The van der Waals surface area contributed by atoms with E-state index in [1.54, 1.807) is 5.06 Å². The molecule has 0 N–H and O–H groups in total. The number of hydrogen-bond donors (Lipinski definition) is 0. The minimum Gasteiger partial charge on any atom is -0.485 e. The number of benzene rings is 3. The maximum Gasteiger partial charge on any atom is 0.198 e. The molecule has 4 rings (SSSR count). The Morgan fingerprint density at radius 1 is 0.800 bits per heavy atom. The molecule has 0 aliphatic carbocycles. The van der Waals surface area contributed by atoms with Crippen LogP contribution in [0.2, 0.25) is 10.0 Å². The lowest BCUT2D eigenvalue weighted by atomic mass is 10.2. The molecule has 0 atom stereocenters. The van der Waals surface area contributed by atoms with Gasteiger partial charge in [-0.2, -0.15) is 0 Å². The van der Waals surface area contributed by atoms with Gasteiger partial charge in [-0.15, -0.1) is 5.06 Å². The summed E-state index contributed by atoms with van der Waals surface area (Å²) in [6.07, 6.45) is 1.44. The number of halogens is 2. The monoisotopic (exact) mass is 442 g/mol. The van der Waals surface area contributed by atoms with Gasteiger partial charge in [-0.3, -0.25) is 0 Å². The van der Waals surface area contributed by atoms with E-state index in [9.17, 15) is 0 Å². The molecule has 0 amide bonds. The molecule has 1 heterocycles. The van der Waals surface area contributed by atoms with Gasteiger partial charge >= 0.3 is 0 Å². The van der Waals surface area contributed by atoms with Crippen molar-refractivity contribution in [3.8, 4) is 11.5 Å². The summed E-state index contributed by atoms with van der Waals surface area (Å²) >= 11 is 12.2. The standard InChI is InChI=1S/C23H20Cl2N2O3/c24-20-5-1-3-18(9-20)13-28-22-8-7-17(12-27-15-26-16-30-27)11-23(22)29-14-19-4-2-6-21(25)10-19/h1-11,16H,12-15H2. The molecular weight excluding hydrogens is 423 g/mol. The molecule has 0 spiro atoms. The molecular formula is C23H20Cl2N2O3. The minimum absolute atomic E-state index is 0.376. The maximum atomic E-state index is 6.10. The van der Waals surface area contributed by atoms with Gasteiger partial charge in [-0.25, -0.2) is 4.99 Å². The van der Waals surface area contributed by atoms with Crippen molar-refractivity contribution in [1.29, 1.82) is 0 Å². The molecule has 7 heteroatoms. The van der Waals surface area contributed by atoms with Gasteiger partial charge in [0.15, 0.2) is 17.9 Å². The quantitative estimate of drug-likeness (QED) is 0.436. The molecule has 3 aromatic rings. The topological polar surface area (TPSA) is 43.3 Å². The summed E-state index contributed by atoms with van der Waals surface area (Å²) in [6.45, 7) is 1.85. The summed E-state index contributed by atoms with van der Waals surface area (Å²) in [5.74, 6) is 1.30. The van der Waals surface area contributed by atoms with Crippen molar-refractivity contribution in [3.63, 3.8) is 0 Å². The van der Waals surface area contributed by atoms with Gasteiger partial charge in [0.1, 0.15) is 19.9 Å². The summed E-state index contributed by atoms with van der Waals surface area (Å²) in [5.41, 5.74) is 2.98. The second-order valence-electron chi connectivity index (χ2n) is 6.79. The lowest BCUT2D eigenvalue weighted by Gasteiger charge is -2.17. The number of rotatable bonds is 8. The first kappa shape index (κ1) is 20.5. The molecule has 0 saturated carbocycles. The van der Waals surface area contributed by atoms with Crippen LogP contribution in [-0.4, -0.2) is 18.1 Å². The zero-order chi connectivity index (χ0) is 20.8. The van der Waals surface area contributed by atoms with E-state index < -0.39 is 0 Å². The van der Waals surface area contributed by atoms with Crippen LogP contribution in [0.5, 0.6) is 11.5 Å². The molecule has 1 aliphatic rings. The van der Waals surface area contributed by atoms with E-state index in [1.807, 2.05) is 66.7 Å². The van der Waals surface area contributed by atoms with Crippen LogP contribution in [0.15, 0.2) is 71.7 Å². The van der Waals surface area contributed by atoms with Gasteiger partial charge < -0.3 is 14.3 Å². The second-order valence-corrected chi connectivity index (χ2v) is 7.67. The van der Waals surface area contributed by atoms with E-state index in [4.69, 9.17) is 37.5 Å². The lowest BCUT2D eigenvalue weighted by Crippen LogP contribution is -2.18. The Morgan fingerprint density at radius 3 is 2.07 bits per heavy atom. The third-order valence-corrected chi connectivity index (χ3v) is 4.91. The highest BCUT2D eigenvalue weighted by atomic mass is 35.5.